The van der Waals surface area contributed by atoms with Gasteiger partial charge in [-0.2, -0.15) is 0 Å². The largest absolute Gasteiger partial charge is 0.497 e. The summed E-state index contributed by atoms with van der Waals surface area (Å²) < 4.78 is 48.8. The maximum atomic E-state index is 15.0. The van der Waals surface area contributed by atoms with Gasteiger partial charge in [-0.05, 0) is 61.7 Å². The van der Waals surface area contributed by atoms with Crippen LogP contribution in [0.5, 0.6) is 5.75 Å². The van der Waals surface area contributed by atoms with Crippen molar-refractivity contribution in [2.45, 2.75) is 57.5 Å². The Morgan fingerprint density at radius 2 is 1.71 bits per heavy atom. The number of hydrogen-bond donors (Lipinski definition) is 1. The zero-order valence-electron chi connectivity index (χ0n) is 24.0. The van der Waals surface area contributed by atoms with Crippen molar-refractivity contribution in [3.05, 3.63) is 89.7 Å². The van der Waals surface area contributed by atoms with Crippen LogP contribution in [-0.4, -0.2) is 51.4 Å². The lowest BCUT2D eigenvalue weighted by molar-refractivity contribution is -0.140. The average molecular weight is 584 g/mol. The number of rotatable bonds is 14. The molecule has 8 nitrogen and oxygen atoms in total. The fourth-order valence-corrected chi connectivity index (χ4v) is 5.82. The van der Waals surface area contributed by atoms with E-state index in [-0.39, 0.29) is 29.5 Å². The molecule has 1 N–H and O–H groups in total. The number of benzene rings is 3. The third kappa shape index (κ3) is 8.07. The van der Waals surface area contributed by atoms with E-state index < -0.39 is 34.3 Å². The summed E-state index contributed by atoms with van der Waals surface area (Å²) in [6, 6.07) is 17.7. The fourth-order valence-electron chi connectivity index (χ4n) is 4.40. The van der Waals surface area contributed by atoms with Crippen molar-refractivity contribution in [3.63, 3.8) is 0 Å². The Hall–Kier alpha value is -3.92. The summed E-state index contributed by atoms with van der Waals surface area (Å²) in [6.45, 7) is 5.38. The number of sulfonamides is 1. The second kappa shape index (κ2) is 14.6. The van der Waals surface area contributed by atoms with Crippen LogP contribution in [0.4, 0.5) is 10.1 Å². The molecule has 0 radical (unpaired) electrons. The summed E-state index contributed by atoms with van der Waals surface area (Å²) in [4.78, 5) is 28.6. The molecule has 3 aromatic carbocycles. The minimum absolute atomic E-state index is 0.0193. The van der Waals surface area contributed by atoms with Crippen LogP contribution in [0.2, 0.25) is 0 Å². The Morgan fingerprint density at radius 1 is 1.00 bits per heavy atom. The quantitative estimate of drug-likeness (QED) is 0.268. The molecule has 3 rings (SSSR count). The van der Waals surface area contributed by atoms with Gasteiger partial charge in [0.15, 0.2) is 0 Å². The number of amides is 2. The second-order valence-corrected chi connectivity index (χ2v) is 11.6. The minimum Gasteiger partial charge on any atom is -0.497 e. The second-order valence-electron chi connectivity index (χ2n) is 9.72. The lowest BCUT2D eigenvalue weighted by Gasteiger charge is -2.33. The Kier molecular flexibility index (Phi) is 11.3. The van der Waals surface area contributed by atoms with E-state index in [1.54, 1.807) is 43.3 Å². The zero-order valence-corrected chi connectivity index (χ0v) is 24.8. The number of nitrogens with zero attached hydrogens (tertiary/aromatic N) is 2. The first-order chi connectivity index (χ1) is 19.6. The number of para-hydroxylation sites is 1. The third-order valence-electron chi connectivity index (χ3n) is 6.71. The van der Waals surface area contributed by atoms with Crippen LogP contribution in [0.25, 0.3) is 0 Å². The predicted octanol–water partition coefficient (Wildman–Crippen LogP) is 5.06. The molecule has 0 aliphatic heterocycles. The molecule has 0 saturated heterocycles. The summed E-state index contributed by atoms with van der Waals surface area (Å²) in [5, 5.41) is 2.88. The summed E-state index contributed by atoms with van der Waals surface area (Å²) in [5.41, 5.74) is 1.28. The Bertz CT molecular complexity index is 1430. The molecule has 2 amide bonds. The monoisotopic (exact) mass is 583 g/mol. The molecule has 10 heteroatoms. The molecule has 41 heavy (non-hydrogen) atoms. The molecule has 3 aromatic rings. The number of methoxy groups -OCH3 is 1. The van der Waals surface area contributed by atoms with E-state index in [0.29, 0.717) is 17.9 Å². The number of carbonyl (C=O) groups is 2. The molecule has 0 bridgehead atoms. The molecule has 0 fully saturated rings. The van der Waals surface area contributed by atoms with Crippen LogP contribution < -0.4 is 14.4 Å². The van der Waals surface area contributed by atoms with Crippen LogP contribution in [0.15, 0.2) is 77.7 Å². The van der Waals surface area contributed by atoms with Gasteiger partial charge in [-0.3, -0.25) is 13.9 Å². The van der Waals surface area contributed by atoms with Crippen molar-refractivity contribution in [3.8, 4) is 5.75 Å². The summed E-state index contributed by atoms with van der Waals surface area (Å²) in [6.07, 6.45) is 1.96. The maximum Gasteiger partial charge on any atom is 0.264 e. The van der Waals surface area contributed by atoms with E-state index in [1.165, 1.54) is 42.3 Å². The van der Waals surface area contributed by atoms with E-state index in [1.807, 2.05) is 13.8 Å². The summed E-state index contributed by atoms with van der Waals surface area (Å²) in [5.74, 6) is -1.20. The Morgan fingerprint density at radius 3 is 2.34 bits per heavy atom. The highest BCUT2D eigenvalue weighted by molar-refractivity contribution is 7.92. The van der Waals surface area contributed by atoms with Gasteiger partial charge in [-0.25, -0.2) is 12.8 Å². The van der Waals surface area contributed by atoms with Gasteiger partial charge in [-0.1, -0.05) is 62.2 Å². The van der Waals surface area contributed by atoms with Gasteiger partial charge >= 0.3 is 0 Å². The van der Waals surface area contributed by atoms with Crippen LogP contribution in [0, 0.1) is 12.7 Å². The van der Waals surface area contributed by atoms with Crippen molar-refractivity contribution in [1.29, 1.82) is 0 Å². The number of unbranched alkanes of at least 4 members (excludes halogenated alkanes) is 1. The zero-order chi connectivity index (χ0) is 30.0. The van der Waals surface area contributed by atoms with Crippen LogP contribution >= 0.6 is 0 Å². The van der Waals surface area contributed by atoms with Gasteiger partial charge in [0.05, 0.1) is 17.7 Å². The third-order valence-corrected chi connectivity index (χ3v) is 8.49. The van der Waals surface area contributed by atoms with E-state index in [0.717, 1.165) is 28.8 Å². The molecular weight excluding hydrogens is 545 g/mol. The fraction of sp³-hybridized carbons (Fsp3) is 0.355. The van der Waals surface area contributed by atoms with Crippen molar-refractivity contribution in [2.75, 3.05) is 24.5 Å². The molecule has 1 atom stereocenters. The van der Waals surface area contributed by atoms with Gasteiger partial charge in [0.2, 0.25) is 11.8 Å². The average Bonchev–Trinajstić information content (AvgIpc) is 2.96. The minimum atomic E-state index is -4.35. The number of aryl methyl sites for hydroxylation is 1. The molecule has 0 saturated carbocycles. The SMILES string of the molecule is CCCCNC(=O)C(CC)N(Cc1cccc(OC)c1)C(=O)CN(c1ccccc1F)S(=O)(=O)c1ccc(C)cc1. The number of anilines is 1. The summed E-state index contributed by atoms with van der Waals surface area (Å²) in [7, 11) is -2.82. The highest BCUT2D eigenvalue weighted by Gasteiger charge is 2.34. The maximum absolute atomic E-state index is 15.0. The lowest BCUT2D eigenvalue weighted by Crippen LogP contribution is -2.52. The molecule has 1 unspecified atom stereocenters. The smallest absolute Gasteiger partial charge is 0.264 e. The molecule has 0 aromatic heterocycles. The predicted molar refractivity (Wildman–Crippen MR) is 158 cm³/mol. The van der Waals surface area contributed by atoms with Crippen molar-refractivity contribution < 1.29 is 27.1 Å². The number of nitrogens with one attached hydrogen (secondary N) is 1. The van der Waals surface area contributed by atoms with Gasteiger partial charge in [0.1, 0.15) is 24.2 Å². The normalized spacial score (nSPS) is 11.9. The molecular formula is C31H38FN3O5S. The van der Waals surface area contributed by atoms with Crippen LogP contribution in [0.1, 0.15) is 44.2 Å². The highest BCUT2D eigenvalue weighted by atomic mass is 32.2. The highest BCUT2D eigenvalue weighted by Crippen LogP contribution is 2.27. The first-order valence-electron chi connectivity index (χ1n) is 13.7. The molecule has 0 heterocycles. The van der Waals surface area contributed by atoms with E-state index in [2.05, 4.69) is 5.32 Å². The van der Waals surface area contributed by atoms with E-state index >= 15 is 4.39 Å². The lowest BCUT2D eigenvalue weighted by atomic mass is 10.1. The molecule has 0 aliphatic rings. The molecule has 220 valence electrons. The topological polar surface area (TPSA) is 96.0 Å². The van der Waals surface area contributed by atoms with Crippen molar-refractivity contribution >= 4 is 27.5 Å². The Balaban J connectivity index is 2.05. The van der Waals surface area contributed by atoms with Crippen molar-refractivity contribution in [2.24, 2.45) is 0 Å². The standard InChI is InChI=1S/C31H38FN3O5S/c1-5-7-19-33-31(37)28(6-2)34(21-24-11-10-12-25(20-24)40-4)30(36)22-35(29-14-9-8-13-27(29)32)41(38,39)26-17-15-23(3)16-18-26/h8-18,20,28H,5-7,19,21-22H2,1-4H3,(H,33,37). The number of halogens is 1. The molecule has 0 aliphatic carbocycles. The van der Waals surface area contributed by atoms with E-state index in [9.17, 15) is 18.0 Å². The van der Waals surface area contributed by atoms with E-state index in [4.69, 9.17) is 4.74 Å². The van der Waals surface area contributed by atoms with Gasteiger partial charge in [0.25, 0.3) is 10.0 Å². The first kappa shape index (κ1) is 31.6. The van der Waals surface area contributed by atoms with Crippen LogP contribution in [-0.2, 0) is 26.2 Å². The first-order valence-corrected chi connectivity index (χ1v) is 15.1. The molecule has 0 spiro atoms. The number of carbonyl (C=O) groups excluding carboxylic acids is 2. The number of ether oxygens (including phenoxy) is 1. The van der Waals surface area contributed by atoms with Gasteiger partial charge in [-0.15, -0.1) is 0 Å². The summed E-state index contributed by atoms with van der Waals surface area (Å²) >= 11 is 0. The van der Waals surface area contributed by atoms with Crippen LogP contribution in [0.3, 0.4) is 0 Å². The Labute approximate surface area is 242 Å². The van der Waals surface area contributed by atoms with Crippen molar-refractivity contribution in [1.82, 2.24) is 10.2 Å². The number of hydrogen-bond acceptors (Lipinski definition) is 5. The van der Waals surface area contributed by atoms with Gasteiger partial charge in [0, 0.05) is 13.1 Å². The van der Waals surface area contributed by atoms with Gasteiger partial charge < -0.3 is 15.0 Å².